The molecule has 8 nitrogen and oxygen atoms in total. The average molecular weight is 375 g/mol. The molecular formula is C8H14ClO8Ru. The van der Waals surface area contributed by atoms with Gasteiger partial charge >= 0.3 is 19.5 Å². The molecule has 0 spiro atoms. The third-order valence-corrected chi connectivity index (χ3v) is 0. The second-order valence-corrected chi connectivity index (χ2v) is 1.97. The maximum atomic E-state index is 8.89. The second kappa shape index (κ2) is 29.7. The number of halogens is 1. The molecule has 0 atom stereocenters. The molecular weight excluding hydrogens is 361 g/mol. The van der Waals surface area contributed by atoms with Gasteiger partial charge in [0.05, 0.1) is 12.4 Å². The molecule has 0 aliphatic heterocycles. The van der Waals surface area contributed by atoms with Gasteiger partial charge < -0.3 is 39.6 Å². The van der Waals surface area contributed by atoms with Gasteiger partial charge in [-0.25, -0.2) is 0 Å². The van der Waals surface area contributed by atoms with Crippen molar-refractivity contribution in [3.63, 3.8) is 0 Å². The monoisotopic (exact) mass is 375 g/mol. The summed E-state index contributed by atoms with van der Waals surface area (Å²) in [5.41, 5.74) is 0. The topological polar surface area (TPSA) is 161 Å². The van der Waals surface area contributed by atoms with Crippen LogP contribution in [0.1, 0.15) is 27.7 Å². The van der Waals surface area contributed by atoms with Crippen LogP contribution in [0, 0.1) is 12.4 Å². The third kappa shape index (κ3) is 1930. The van der Waals surface area contributed by atoms with E-state index in [1.807, 2.05) is 0 Å². The fraction of sp³-hybridized carbons (Fsp3) is 0.500. The molecule has 0 aromatic carbocycles. The smallest absolute Gasteiger partial charge is 0.550 e. The van der Waals surface area contributed by atoms with E-state index < -0.39 is 23.9 Å². The van der Waals surface area contributed by atoms with E-state index in [1.54, 1.807) is 0 Å². The van der Waals surface area contributed by atoms with E-state index in [0.717, 1.165) is 27.7 Å². The first kappa shape index (κ1) is 36.0. The number of carbonyl (C=O) groups excluding carboxylic acids is 4. The Hall–Kier alpha value is -1.21. The molecule has 18 heavy (non-hydrogen) atoms. The minimum Gasteiger partial charge on any atom is -0.550 e. The van der Waals surface area contributed by atoms with Crippen LogP contribution in [-0.2, 0) is 38.7 Å². The van der Waals surface area contributed by atoms with Crippen molar-refractivity contribution in [1.82, 2.24) is 0 Å². The molecule has 10 heteroatoms. The van der Waals surface area contributed by atoms with Crippen LogP contribution in [0.2, 0.25) is 0 Å². The van der Waals surface area contributed by atoms with Crippen LogP contribution >= 0.6 is 0 Å². The van der Waals surface area contributed by atoms with Crippen LogP contribution in [0.3, 0.4) is 0 Å². The molecule has 0 heterocycles. The Morgan fingerprint density at radius 3 is 0.556 bits per heavy atom. The minimum absolute atomic E-state index is 0. The summed E-state index contributed by atoms with van der Waals surface area (Å²) >= 11 is 0. The molecule has 0 aromatic rings. The number of aliphatic carboxylic acids is 4. The fourth-order valence-corrected chi connectivity index (χ4v) is 0. The van der Waals surface area contributed by atoms with E-state index in [-0.39, 0.29) is 31.9 Å². The molecule has 1 radical (unpaired) electrons. The van der Waals surface area contributed by atoms with Crippen LogP contribution in [0.15, 0.2) is 0 Å². The van der Waals surface area contributed by atoms with E-state index in [0.29, 0.717) is 0 Å². The van der Waals surface area contributed by atoms with Crippen molar-refractivity contribution in [2.24, 2.45) is 0 Å². The summed E-state index contributed by atoms with van der Waals surface area (Å²) in [5.74, 6) is -4.33. The van der Waals surface area contributed by atoms with Gasteiger partial charge in [-0.3, -0.25) is 0 Å². The zero-order chi connectivity index (χ0) is 14.3. The first-order chi connectivity index (χ1) is 6.93. The van der Waals surface area contributed by atoms with Gasteiger partial charge in [0.1, 0.15) is 0 Å². The van der Waals surface area contributed by atoms with Gasteiger partial charge in [-0.15, -0.1) is 0 Å². The van der Waals surface area contributed by atoms with E-state index in [1.165, 1.54) is 0 Å². The van der Waals surface area contributed by atoms with Gasteiger partial charge in [0, 0.05) is 23.9 Å². The van der Waals surface area contributed by atoms with Crippen molar-refractivity contribution in [2.75, 3.05) is 0 Å². The Bertz CT molecular complexity index is 167. The van der Waals surface area contributed by atoms with Crippen LogP contribution in [-0.4, -0.2) is 23.9 Å². The SMILES string of the molecule is CC(=O)[O-].CC(=O)[O-].CC(=O)[O-].CC(=O)[O-].[ClH2+].[Ru+3]. The Labute approximate surface area is 123 Å². The van der Waals surface area contributed by atoms with Crippen molar-refractivity contribution in [3.8, 4) is 0 Å². The van der Waals surface area contributed by atoms with Crippen molar-refractivity contribution in [2.45, 2.75) is 27.7 Å². The zero-order valence-electron chi connectivity index (χ0n) is 10.1. The van der Waals surface area contributed by atoms with Crippen molar-refractivity contribution >= 4 is 23.9 Å². The molecule has 0 N–H and O–H groups in total. The quantitative estimate of drug-likeness (QED) is 0.379. The summed E-state index contributed by atoms with van der Waals surface area (Å²) < 4.78 is 0. The largest absolute Gasteiger partial charge is 3.00 e. The third-order valence-electron chi connectivity index (χ3n) is 0. The molecule has 0 saturated heterocycles. The standard InChI is InChI=1S/4C2H4O2.ClH2.Ru/c4*1-2(3)4;;/h4*1H3,(H,3,4);1H2;/q;;;;+1;+3/p-4. The number of carboxylic acids is 4. The number of rotatable bonds is 0. The first-order valence-corrected chi connectivity index (χ1v) is 3.63. The van der Waals surface area contributed by atoms with Gasteiger partial charge in [-0.05, 0) is 27.7 Å². The van der Waals surface area contributed by atoms with E-state index in [9.17, 15) is 0 Å². The normalized spacial score (nSPS) is 5.56. The Balaban J connectivity index is -0.0000000257. The van der Waals surface area contributed by atoms with Crippen LogP contribution in [0.5, 0.6) is 0 Å². The molecule has 0 aliphatic carbocycles. The first-order valence-electron chi connectivity index (χ1n) is 3.63. The Morgan fingerprint density at radius 2 is 0.556 bits per heavy atom. The summed E-state index contributed by atoms with van der Waals surface area (Å²) in [7, 11) is 0. The maximum absolute atomic E-state index is 8.89. The number of hydrogen-bond donors (Lipinski definition) is 0. The van der Waals surface area contributed by atoms with Crippen LogP contribution < -0.4 is 20.4 Å². The summed E-state index contributed by atoms with van der Waals surface area (Å²) in [6.07, 6.45) is 0. The zero-order valence-corrected chi connectivity index (χ0v) is 12.7. The van der Waals surface area contributed by atoms with Crippen molar-refractivity contribution in [1.29, 1.82) is 0 Å². The van der Waals surface area contributed by atoms with E-state index in [4.69, 9.17) is 39.6 Å². The van der Waals surface area contributed by atoms with Gasteiger partial charge in [0.15, 0.2) is 0 Å². The minimum atomic E-state index is -1.08. The fourth-order valence-electron chi connectivity index (χ4n) is 0. The molecule has 0 saturated carbocycles. The molecule has 0 aliphatic rings. The van der Waals surface area contributed by atoms with Crippen LogP contribution in [0.4, 0.5) is 0 Å². The predicted octanol–water partition coefficient (Wildman–Crippen LogP) is -5.51. The van der Waals surface area contributed by atoms with Crippen LogP contribution in [0.25, 0.3) is 0 Å². The predicted molar refractivity (Wildman–Crippen MR) is 45.5 cm³/mol. The van der Waals surface area contributed by atoms with Gasteiger partial charge in [0.25, 0.3) is 0 Å². The second-order valence-electron chi connectivity index (χ2n) is 1.97. The summed E-state index contributed by atoms with van der Waals surface area (Å²) in [5, 5.41) is 35.6. The van der Waals surface area contributed by atoms with E-state index >= 15 is 0 Å². The van der Waals surface area contributed by atoms with Crippen molar-refractivity contribution in [3.05, 3.63) is 0 Å². The number of hydrogen-bond acceptors (Lipinski definition) is 8. The molecule has 109 valence electrons. The van der Waals surface area contributed by atoms with Gasteiger partial charge in [0.2, 0.25) is 0 Å². The Kier molecular flexibility index (Phi) is 59.3. The molecule has 0 fully saturated rings. The Morgan fingerprint density at radius 1 is 0.556 bits per heavy atom. The summed E-state index contributed by atoms with van der Waals surface area (Å²) in [4.78, 5) is 35.6. The molecule has 0 unspecified atom stereocenters. The summed E-state index contributed by atoms with van der Waals surface area (Å²) in [6, 6.07) is 0. The van der Waals surface area contributed by atoms with Crippen molar-refractivity contribution < 1.29 is 71.5 Å². The summed E-state index contributed by atoms with van der Waals surface area (Å²) in [6.45, 7) is 3.89. The van der Waals surface area contributed by atoms with Gasteiger partial charge in [-0.2, -0.15) is 0 Å². The number of carbonyl (C=O) groups is 4. The van der Waals surface area contributed by atoms with E-state index in [2.05, 4.69) is 0 Å². The number of carboxylic acid groups (broad SMARTS) is 4. The maximum Gasteiger partial charge on any atom is 3.00 e. The molecule has 0 aromatic heterocycles. The van der Waals surface area contributed by atoms with Gasteiger partial charge in [-0.1, -0.05) is 0 Å². The molecule has 0 rings (SSSR count). The average Bonchev–Trinajstić information content (AvgIpc) is 1.76. The molecule has 0 bridgehead atoms. The molecule has 0 amide bonds.